The van der Waals surface area contributed by atoms with E-state index in [0.29, 0.717) is 23.6 Å². The van der Waals surface area contributed by atoms with Crippen molar-refractivity contribution in [1.29, 1.82) is 0 Å². The van der Waals surface area contributed by atoms with Gasteiger partial charge in [-0.2, -0.15) is 0 Å². The number of rotatable bonds is 5. The number of nitrogens with one attached hydrogen (secondary N) is 1. The van der Waals surface area contributed by atoms with E-state index < -0.39 is 21.6 Å². The van der Waals surface area contributed by atoms with Crippen molar-refractivity contribution in [1.82, 2.24) is 4.31 Å². The molecular weight excluding hydrogens is 426 g/mol. The van der Waals surface area contributed by atoms with Gasteiger partial charge in [-0.15, -0.1) is 0 Å². The van der Waals surface area contributed by atoms with Crippen LogP contribution in [0.2, 0.25) is 10.0 Å². The lowest BCUT2D eigenvalue weighted by Gasteiger charge is -2.30. The molecule has 3 rings (SSSR count). The number of benzene rings is 2. The largest absolute Gasteiger partial charge is 0.326 e. The molecule has 28 heavy (non-hydrogen) atoms. The van der Waals surface area contributed by atoms with Gasteiger partial charge in [0.25, 0.3) is 0 Å². The van der Waals surface area contributed by atoms with Gasteiger partial charge >= 0.3 is 0 Å². The number of piperidine rings is 1. The quantitative estimate of drug-likeness (QED) is 0.746. The number of carbonyl (C=O) groups excluding carboxylic acids is 1. The Balaban J connectivity index is 1.60. The molecule has 0 unspecified atom stereocenters. The van der Waals surface area contributed by atoms with Gasteiger partial charge in [0.05, 0.1) is 5.75 Å². The molecule has 0 saturated carbocycles. The molecule has 2 aromatic carbocycles. The van der Waals surface area contributed by atoms with Crippen LogP contribution in [0.1, 0.15) is 18.4 Å². The van der Waals surface area contributed by atoms with Crippen molar-refractivity contribution in [3.8, 4) is 0 Å². The van der Waals surface area contributed by atoms with Crippen LogP contribution in [0.3, 0.4) is 0 Å². The second-order valence-electron chi connectivity index (χ2n) is 6.63. The molecule has 0 aliphatic carbocycles. The molecule has 1 amide bonds. The summed E-state index contributed by atoms with van der Waals surface area (Å²) in [5.74, 6) is -1.62. The third-order valence-corrected chi connectivity index (χ3v) is 7.09. The lowest BCUT2D eigenvalue weighted by molar-refractivity contribution is -0.120. The molecule has 1 heterocycles. The van der Waals surface area contributed by atoms with Gasteiger partial charge in [0.1, 0.15) is 5.82 Å². The number of amides is 1. The summed E-state index contributed by atoms with van der Waals surface area (Å²) in [7, 11) is -3.74. The van der Waals surface area contributed by atoms with Crippen molar-refractivity contribution >= 4 is 44.8 Å². The van der Waals surface area contributed by atoms with E-state index >= 15 is 0 Å². The monoisotopic (exact) mass is 444 g/mol. The number of anilines is 1. The lowest BCUT2D eigenvalue weighted by atomic mass is 9.97. The van der Waals surface area contributed by atoms with Crippen molar-refractivity contribution in [3.63, 3.8) is 0 Å². The van der Waals surface area contributed by atoms with Crippen LogP contribution in [0.25, 0.3) is 0 Å². The Labute approximate surface area is 173 Å². The van der Waals surface area contributed by atoms with Crippen LogP contribution >= 0.6 is 23.2 Å². The molecule has 1 N–H and O–H groups in total. The molecule has 1 saturated heterocycles. The van der Waals surface area contributed by atoms with Crippen molar-refractivity contribution in [2.45, 2.75) is 18.6 Å². The van der Waals surface area contributed by atoms with Crippen LogP contribution in [-0.4, -0.2) is 31.7 Å². The first kappa shape index (κ1) is 21.0. The average Bonchev–Trinajstić information content (AvgIpc) is 2.65. The predicted octanol–water partition coefficient (Wildman–Crippen LogP) is 4.31. The smallest absolute Gasteiger partial charge is 0.227 e. The SMILES string of the molecule is O=C(Nc1cccc(Cl)c1)C1CCN(S(=O)(=O)Cc2c(F)cccc2Cl)CC1. The van der Waals surface area contributed by atoms with E-state index in [2.05, 4.69) is 5.32 Å². The Kier molecular flexibility index (Phi) is 6.60. The fourth-order valence-electron chi connectivity index (χ4n) is 3.15. The minimum atomic E-state index is -3.74. The van der Waals surface area contributed by atoms with Crippen molar-refractivity contribution in [3.05, 3.63) is 63.9 Å². The first-order valence-electron chi connectivity index (χ1n) is 8.73. The van der Waals surface area contributed by atoms with E-state index in [4.69, 9.17) is 23.2 Å². The van der Waals surface area contributed by atoms with Gasteiger partial charge in [-0.1, -0.05) is 35.3 Å². The highest BCUT2D eigenvalue weighted by Gasteiger charge is 2.32. The normalized spacial score (nSPS) is 16.1. The lowest BCUT2D eigenvalue weighted by Crippen LogP contribution is -2.42. The molecule has 9 heteroatoms. The number of hydrogen-bond donors (Lipinski definition) is 1. The molecule has 1 aliphatic rings. The van der Waals surface area contributed by atoms with Crippen LogP contribution in [-0.2, 0) is 20.6 Å². The third kappa shape index (κ3) is 5.03. The molecule has 0 spiro atoms. The van der Waals surface area contributed by atoms with Crippen LogP contribution in [0.15, 0.2) is 42.5 Å². The minimum absolute atomic E-state index is 0.0370. The van der Waals surface area contributed by atoms with Crippen molar-refractivity contribution in [2.24, 2.45) is 5.92 Å². The first-order valence-corrected chi connectivity index (χ1v) is 11.1. The van der Waals surface area contributed by atoms with Gasteiger partial charge < -0.3 is 5.32 Å². The molecule has 0 bridgehead atoms. The maximum Gasteiger partial charge on any atom is 0.227 e. The Morgan fingerprint density at radius 1 is 1.14 bits per heavy atom. The standard InChI is InChI=1S/C19H19Cl2FN2O3S/c20-14-3-1-4-15(11-14)23-19(25)13-7-9-24(10-8-13)28(26,27)12-16-17(21)5-2-6-18(16)22/h1-6,11,13H,7-10,12H2,(H,23,25). The molecule has 150 valence electrons. The van der Waals surface area contributed by atoms with Crippen LogP contribution < -0.4 is 5.32 Å². The fourth-order valence-corrected chi connectivity index (χ4v) is 5.26. The summed E-state index contributed by atoms with van der Waals surface area (Å²) in [6.45, 7) is 0.393. The zero-order chi connectivity index (χ0) is 20.3. The Morgan fingerprint density at radius 3 is 2.46 bits per heavy atom. The van der Waals surface area contributed by atoms with Crippen LogP contribution in [0, 0.1) is 11.7 Å². The number of halogens is 3. The van der Waals surface area contributed by atoms with E-state index in [9.17, 15) is 17.6 Å². The van der Waals surface area contributed by atoms with Crippen LogP contribution in [0.4, 0.5) is 10.1 Å². The molecule has 5 nitrogen and oxygen atoms in total. The summed E-state index contributed by atoms with van der Waals surface area (Å²) in [4.78, 5) is 12.4. The van der Waals surface area contributed by atoms with E-state index in [-0.39, 0.29) is 35.5 Å². The molecule has 1 fully saturated rings. The van der Waals surface area contributed by atoms with E-state index in [1.54, 1.807) is 24.3 Å². The Bertz CT molecular complexity index is 957. The number of carbonyl (C=O) groups is 1. The maximum absolute atomic E-state index is 13.9. The Hall–Kier alpha value is -1.67. The average molecular weight is 445 g/mol. The highest BCUT2D eigenvalue weighted by Crippen LogP contribution is 2.26. The number of nitrogens with zero attached hydrogens (tertiary/aromatic N) is 1. The first-order chi connectivity index (χ1) is 13.3. The molecule has 0 radical (unpaired) electrons. The minimum Gasteiger partial charge on any atom is -0.326 e. The summed E-state index contributed by atoms with van der Waals surface area (Å²) in [6, 6.07) is 10.9. The van der Waals surface area contributed by atoms with Gasteiger partial charge in [-0.3, -0.25) is 4.79 Å². The van der Waals surface area contributed by atoms with E-state index in [1.165, 1.54) is 22.5 Å². The molecule has 0 atom stereocenters. The number of sulfonamides is 1. The second kappa shape index (κ2) is 8.78. The fraction of sp³-hybridized carbons (Fsp3) is 0.316. The second-order valence-corrected chi connectivity index (χ2v) is 9.44. The molecule has 1 aliphatic heterocycles. The van der Waals surface area contributed by atoms with Gasteiger partial charge in [0.2, 0.25) is 15.9 Å². The summed E-state index contributed by atoms with van der Waals surface area (Å²) in [5.41, 5.74) is 0.562. The molecular formula is C19H19Cl2FN2O3S. The highest BCUT2D eigenvalue weighted by atomic mass is 35.5. The van der Waals surface area contributed by atoms with Gasteiger partial charge in [0, 0.05) is 40.3 Å². The van der Waals surface area contributed by atoms with Gasteiger partial charge in [0.15, 0.2) is 0 Å². The molecule has 0 aromatic heterocycles. The van der Waals surface area contributed by atoms with Crippen molar-refractivity contribution < 1.29 is 17.6 Å². The summed E-state index contributed by atoms with van der Waals surface area (Å²) in [5, 5.41) is 3.40. The molecule has 2 aromatic rings. The zero-order valence-corrected chi connectivity index (χ0v) is 17.2. The maximum atomic E-state index is 13.9. The van der Waals surface area contributed by atoms with E-state index in [0.717, 1.165) is 0 Å². The predicted molar refractivity (Wildman–Crippen MR) is 108 cm³/mol. The number of hydrogen-bond acceptors (Lipinski definition) is 3. The highest BCUT2D eigenvalue weighted by molar-refractivity contribution is 7.88. The summed E-state index contributed by atoms with van der Waals surface area (Å²) in [6.07, 6.45) is 0.771. The van der Waals surface area contributed by atoms with Crippen molar-refractivity contribution in [2.75, 3.05) is 18.4 Å². The van der Waals surface area contributed by atoms with E-state index in [1.807, 2.05) is 0 Å². The summed E-state index contributed by atoms with van der Waals surface area (Å²) >= 11 is 11.9. The topological polar surface area (TPSA) is 66.5 Å². The van der Waals surface area contributed by atoms with Gasteiger partial charge in [-0.25, -0.2) is 17.1 Å². The third-order valence-electron chi connectivity index (χ3n) is 4.70. The Morgan fingerprint density at radius 2 is 1.82 bits per heavy atom. The zero-order valence-electron chi connectivity index (χ0n) is 14.9. The van der Waals surface area contributed by atoms with Gasteiger partial charge in [-0.05, 0) is 43.2 Å². The van der Waals surface area contributed by atoms with Crippen LogP contribution in [0.5, 0.6) is 0 Å². The summed E-state index contributed by atoms with van der Waals surface area (Å²) < 4.78 is 40.5.